The normalized spacial score (nSPS) is 13.9. The molecule has 2 aromatic rings. The summed E-state index contributed by atoms with van der Waals surface area (Å²) in [5.41, 5.74) is 1.82. The van der Waals surface area contributed by atoms with Gasteiger partial charge in [-0.05, 0) is 24.3 Å². The number of halogens is 1. The lowest BCUT2D eigenvalue weighted by Gasteiger charge is -2.30. The summed E-state index contributed by atoms with van der Waals surface area (Å²) in [6.07, 6.45) is 0. The molecule has 0 saturated heterocycles. The molecular formula is C16H24ClN3O. The highest BCUT2D eigenvalue weighted by Gasteiger charge is 2.27. The van der Waals surface area contributed by atoms with Gasteiger partial charge in [0.05, 0.1) is 12.5 Å². The fraction of sp³-hybridized carbons (Fsp3) is 0.625. The van der Waals surface area contributed by atoms with Crippen molar-refractivity contribution < 1.29 is 4.74 Å². The Kier molecular flexibility index (Phi) is 4.47. The average molecular weight is 310 g/mol. The van der Waals surface area contributed by atoms with Crippen LogP contribution in [0.25, 0.3) is 11.2 Å². The minimum atomic E-state index is -0.159. The molecule has 0 radical (unpaired) electrons. The maximum atomic E-state index is 6.32. The number of imidazole rings is 1. The van der Waals surface area contributed by atoms with Crippen LogP contribution in [0.1, 0.15) is 45.8 Å². The van der Waals surface area contributed by atoms with Crippen LogP contribution in [-0.4, -0.2) is 21.6 Å². The molecule has 0 spiro atoms. The minimum absolute atomic E-state index is 0.124. The van der Waals surface area contributed by atoms with E-state index in [-0.39, 0.29) is 10.8 Å². The van der Waals surface area contributed by atoms with E-state index in [1.165, 1.54) is 0 Å². The number of alkyl halides is 1. The van der Waals surface area contributed by atoms with E-state index in [0.717, 1.165) is 23.5 Å². The second-order valence-electron chi connectivity index (χ2n) is 6.51. The standard InChI is InChI=1S/C16H24ClN3O/c1-10(2)16(4,5)9-20-14(11(3)17)18-12-7-8-13(21-6)19-15(12)20/h7-8,10-11H,9H2,1-6H3. The van der Waals surface area contributed by atoms with Gasteiger partial charge in [0, 0.05) is 12.6 Å². The quantitative estimate of drug-likeness (QED) is 0.767. The highest BCUT2D eigenvalue weighted by molar-refractivity contribution is 6.20. The molecule has 0 aliphatic carbocycles. The number of nitrogens with zero attached hydrogens (tertiary/aromatic N) is 3. The van der Waals surface area contributed by atoms with E-state index in [9.17, 15) is 0 Å². The summed E-state index contributed by atoms with van der Waals surface area (Å²) in [5.74, 6) is 2.00. The van der Waals surface area contributed by atoms with Gasteiger partial charge in [0.1, 0.15) is 11.3 Å². The van der Waals surface area contributed by atoms with Crippen LogP contribution in [0.2, 0.25) is 0 Å². The molecular weight excluding hydrogens is 286 g/mol. The van der Waals surface area contributed by atoms with Gasteiger partial charge in [0.15, 0.2) is 5.65 Å². The van der Waals surface area contributed by atoms with Crippen LogP contribution >= 0.6 is 11.6 Å². The number of ether oxygens (including phenoxy) is 1. The molecule has 2 heterocycles. The summed E-state index contributed by atoms with van der Waals surface area (Å²) < 4.78 is 7.37. The molecule has 0 fully saturated rings. The number of methoxy groups -OCH3 is 1. The first kappa shape index (κ1) is 16.1. The van der Waals surface area contributed by atoms with Gasteiger partial charge in [-0.25, -0.2) is 4.98 Å². The summed E-state index contributed by atoms with van der Waals surface area (Å²) in [5, 5.41) is -0.159. The van der Waals surface area contributed by atoms with Crippen molar-refractivity contribution in [3.63, 3.8) is 0 Å². The third-order valence-corrected chi connectivity index (χ3v) is 4.48. The van der Waals surface area contributed by atoms with Gasteiger partial charge in [0.2, 0.25) is 5.88 Å². The Labute approximate surface area is 131 Å². The van der Waals surface area contributed by atoms with E-state index in [4.69, 9.17) is 16.3 Å². The Morgan fingerprint density at radius 1 is 1.24 bits per heavy atom. The molecule has 2 aromatic heterocycles. The van der Waals surface area contributed by atoms with Crippen LogP contribution in [-0.2, 0) is 6.54 Å². The molecule has 0 aliphatic rings. The van der Waals surface area contributed by atoms with Crippen molar-refractivity contribution in [3.05, 3.63) is 18.0 Å². The second-order valence-corrected chi connectivity index (χ2v) is 7.17. The zero-order chi connectivity index (χ0) is 15.8. The van der Waals surface area contributed by atoms with Gasteiger partial charge in [0.25, 0.3) is 0 Å². The van der Waals surface area contributed by atoms with Crippen LogP contribution in [0.15, 0.2) is 12.1 Å². The number of pyridine rings is 1. The number of fused-ring (bicyclic) bond motifs is 1. The molecule has 4 nitrogen and oxygen atoms in total. The van der Waals surface area contributed by atoms with Crippen molar-refractivity contribution in [2.24, 2.45) is 11.3 Å². The first-order valence-electron chi connectivity index (χ1n) is 7.31. The van der Waals surface area contributed by atoms with Crippen LogP contribution < -0.4 is 4.74 Å². The Balaban J connectivity index is 2.59. The molecule has 1 unspecified atom stereocenters. The molecule has 21 heavy (non-hydrogen) atoms. The predicted octanol–water partition coefficient (Wildman–Crippen LogP) is 4.42. The van der Waals surface area contributed by atoms with E-state index in [2.05, 4.69) is 42.2 Å². The van der Waals surface area contributed by atoms with Crippen molar-refractivity contribution in [3.8, 4) is 5.88 Å². The third-order valence-electron chi connectivity index (χ3n) is 4.29. The largest absolute Gasteiger partial charge is 0.481 e. The smallest absolute Gasteiger partial charge is 0.215 e. The number of hydrogen-bond acceptors (Lipinski definition) is 3. The molecule has 0 N–H and O–H groups in total. The van der Waals surface area contributed by atoms with Crippen LogP contribution in [0.5, 0.6) is 5.88 Å². The third kappa shape index (κ3) is 3.15. The van der Waals surface area contributed by atoms with E-state index >= 15 is 0 Å². The number of hydrogen-bond donors (Lipinski definition) is 0. The summed E-state index contributed by atoms with van der Waals surface area (Å²) >= 11 is 6.32. The van der Waals surface area contributed by atoms with Crippen molar-refractivity contribution in [1.82, 2.24) is 14.5 Å². The molecule has 0 aromatic carbocycles. The molecule has 5 heteroatoms. The number of rotatable bonds is 5. The lowest BCUT2D eigenvalue weighted by molar-refractivity contribution is 0.210. The maximum Gasteiger partial charge on any atom is 0.215 e. The molecule has 1 atom stereocenters. The SMILES string of the molecule is COc1ccc2nc(C(C)Cl)n(CC(C)(C)C(C)C)c2n1. The van der Waals surface area contributed by atoms with Gasteiger partial charge in [-0.2, -0.15) is 4.98 Å². The monoisotopic (exact) mass is 309 g/mol. The zero-order valence-electron chi connectivity index (χ0n) is 13.6. The molecule has 116 valence electrons. The summed E-state index contributed by atoms with van der Waals surface area (Å²) in [7, 11) is 1.62. The molecule has 0 saturated carbocycles. The van der Waals surface area contributed by atoms with Crippen LogP contribution in [0, 0.1) is 11.3 Å². The zero-order valence-corrected chi connectivity index (χ0v) is 14.4. The van der Waals surface area contributed by atoms with Crippen molar-refractivity contribution in [1.29, 1.82) is 0 Å². The average Bonchev–Trinajstić information content (AvgIpc) is 2.76. The first-order chi connectivity index (χ1) is 9.76. The lowest BCUT2D eigenvalue weighted by Crippen LogP contribution is -2.26. The predicted molar refractivity (Wildman–Crippen MR) is 87.0 cm³/mol. The maximum absolute atomic E-state index is 6.32. The van der Waals surface area contributed by atoms with Crippen molar-refractivity contribution in [2.45, 2.75) is 46.5 Å². The molecule has 2 rings (SSSR count). The van der Waals surface area contributed by atoms with Gasteiger partial charge in [-0.3, -0.25) is 0 Å². The molecule has 0 amide bonds. The van der Waals surface area contributed by atoms with Crippen LogP contribution in [0.3, 0.4) is 0 Å². The highest BCUT2D eigenvalue weighted by atomic mass is 35.5. The molecule has 0 aliphatic heterocycles. The Hall–Kier alpha value is -1.29. The summed E-state index contributed by atoms with van der Waals surface area (Å²) in [6, 6.07) is 3.76. The first-order valence-corrected chi connectivity index (χ1v) is 7.75. The minimum Gasteiger partial charge on any atom is -0.481 e. The van der Waals surface area contributed by atoms with Crippen molar-refractivity contribution >= 4 is 22.8 Å². The summed E-state index contributed by atoms with van der Waals surface area (Å²) in [4.78, 5) is 9.20. The van der Waals surface area contributed by atoms with Crippen molar-refractivity contribution in [2.75, 3.05) is 7.11 Å². The van der Waals surface area contributed by atoms with Gasteiger partial charge < -0.3 is 9.30 Å². The lowest BCUT2D eigenvalue weighted by atomic mass is 9.81. The van der Waals surface area contributed by atoms with Gasteiger partial charge in [-0.15, -0.1) is 11.6 Å². The van der Waals surface area contributed by atoms with E-state index in [1.54, 1.807) is 7.11 Å². The Morgan fingerprint density at radius 2 is 1.90 bits per heavy atom. The Bertz CT molecular complexity index is 632. The Morgan fingerprint density at radius 3 is 2.43 bits per heavy atom. The van der Waals surface area contributed by atoms with Crippen LogP contribution in [0.4, 0.5) is 0 Å². The topological polar surface area (TPSA) is 39.9 Å². The van der Waals surface area contributed by atoms with Gasteiger partial charge in [-0.1, -0.05) is 27.7 Å². The highest BCUT2D eigenvalue weighted by Crippen LogP contribution is 2.33. The number of aromatic nitrogens is 3. The fourth-order valence-corrected chi connectivity index (χ4v) is 2.33. The molecule has 0 bridgehead atoms. The van der Waals surface area contributed by atoms with E-state index < -0.39 is 0 Å². The fourth-order valence-electron chi connectivity index (χ4n) is 2.17. The summed E-state index contributed by atoms with van der Waals surface area (Å²) in [6.45, 7) is 11.7. The second kappa shape index (κ2) is 5.84. The van der Waals surface area contributed by atoms with E-state index in [1.807, 2.05) is 19.1 Å². The van der Waals surface area contributed by atoms with E-state index in [0.29, 0.717) is 11.8 Å². The van der Waals surface area contributed by atoms with Gasteiger partial charge >= 0.3 is 0 Å².